The Balaban J connectivity index is 1.42. The van der Waals surface area contributed by atoms with Gasteiger partial charge in [0.05, 0.1) is 12.7 Å². The molecule has 206 valence electrons. The number of aliphatic carboxylic acids is 1. The van der Waals surface area contributed by atoms with Crippen LogP contribution in [0, 0.1) is 17.6 Å². The van der Waals surface area contributed by atoms with Crippen molar-refractivity contribution in [1.82, 2.24) is 15.2 Å². The van der Waals surface area contributed by atoms with Gasteiger partial charge in [0.15, 0.2) is 33.8 Å². The van der Waals surface area contributed by atoms with E-state index >= 15 is 8.78 Å². The number of piperidine rings is 2. The monoisotopic (exact) mass is 564 g/mol. The van der Waals surface area contributed by atoms with Gasteiger partial charge in [-0.25, -0.2) is 27.3 Å². The van der Waals surface area contributed by atoms with Gasteiger partial charge in [-0.1, -0.05) is 6.07 Å². The van der Waals surface area contributed by atoms with Crippen molar-refractivity contribution in [2.24, 2.45) is 10.9 Å². The smallest absolute Gasteiger partial charge is 0.338 e. The molecular formula is C26H24F4N4O4S. The van der Waals surface area contributed by atoms with Gasteiger partial charge in [0, 0.05) is 48.7 Å². The number of aliphatic imine (C=N–C) groups is 1. The number of carbonyl (C=O) groups is 2. The van der Waals surface area contributed by atoms with Crippen LogP contribution >= 0.6 is 11.3 Å². The molecule has 5 atom stereocenters. The maximum atomic E-state index is 15.8. The molecule has 1 aliphatic carbocycles. The maximum Gasteiger partial charge on any atom is 0.338 e. The van der Waals surface area contributed by atoms with Crippen LogP contribution in [0.3, 0.4) is 0 Å². The Hall–Kier alpha value is -3.32. The molecule has 4 aliphatic rings. The topological polar surface area (TPSA) is 104 Å². The van der Waals surface area contributed by atoms with Crippen LogP contribution < -0.4 is 5.32 Å². The van der Waals surface area contributed by atoms with Crippen molar-refractivity contribution in [3.63, 3.8) is 0 Å². The van der Waals surface area contributed by atoms with Gasteiger partial charge in [0.1, 0.15) is 6.04 Å². The zero-order valence-corrected chi connectivity index (χ0v) is 21.5. The molecular weight excluding hydrogens is 540 g/mol. The molecule has 2 aromatic rings. The number of carboxylic acids is 1. The summed E-state index contributed by atoms with van der Waals surface area (Å²) in [5, 5.41) is 14.5. The number of ether oxygens (including phenoxy) is 1. The number of alkyl halides is 2. The highest BCUT2D eigenvalue weighted by Crippen LogP contribution is 2.70. The number of benzene rings is 1. The zero-order chi connectivity index (χ0) is 27.7. The van der Waals surface area contributed by atoms with Gasteiger partial charge >= 0.3 is 11.9 Å². The largest absolute Gasteiger partial charge is 0.481 e. The van der Waals surface area contributed by atoms with Crippen molar-refractivity contribution in [2.45, 2.75) is 55.1 Å². The van der Waals surface area contributed by atoms with Gasteiger partial charge in [-0.3, -0.25) is 14.7 Å². The van der Waals surface area contributed by atoms with E-state index < -0.39 is 53.0 Å². The third kappa shape index (κ3) is 4.05. The Labute approximate surface area is 224 Å². The minimum Gasteiger partial charge on any atom is -0.481 e. The molecule has 1 saturated carbocycles. The number of hydrogen-bond donors (Lipinski definition) is 2. The summed E-state index contributed by atoms with van der Waals surface area (Å²) < 4.78 is 64.6. The summed E-state index contributed by atoms with van der Waals surface area (Å²) in [6, 6.07) is 0.295. The fourth-order valence-electron chi connectivity index (χ4n) is 6.49. The molecule has 0 amide bonds. The van der Waals surface area contributed by atoms with Gasteiger partial charge < -0.3 is 15.2 Å². The molecule has 3 fully saturated rings. The van der Waals surface area contributed by atoms with Crippen molar-refractivity contribution in [3.8, 4) is 0 Å². The SMILES string of the molecule is COC(=O)C1=C(CN2C3CC(CC(=O)O)CC2C2(F)CC32F)NC(c2nccs2)=NC1c1ccc(F)c(F)c1. The van der Waals surface area contributed by atoms with Crippen molar-refractivity contribution in [2.75, 3.05) is 13.7 Å². The average Bonchev–Trinajstić information content (AvgIpc) is 3.20. The number of fused-ring (bicyclic) bond motifs is 5. The molecule has 1 aromatic carbocycles. The van der Waals surface area contributed by atoms with Crippen LogP contribution in [-0.2, 0) is 14.3 Å². The maximum absolute atomic E-state index is 15.8. The first-order valence-electron chi connectivity index (χ1n) is 12.4. The third-order valence-electron chi connectivity index (χ3n) is 8.28. The van der Waals surface area contributed by atoms with Crippen LogP contribution in [0.4, 0.5) is 17.6 Å². The Morgan fingerprint density at radius 1 is 1.21 bits per heavy atom. The molecule has 5 unspecified atom stereocenters. The highest BCUT2D eigenvalue weighted by atomic mass is 32.1. The van der Waals surface area contributed by atoms with Crippen LogP contribution in [0.15, 0.2) is 46.0 Å². The van der Waals surface area contributed by atoms with E-state index in [2.05, 4.69) is 15.3 Å². The van der Waals surface area contributed by atoms with E-state index in [1.165, 1.54) is 24.5 Å². The molecule has 3 aliphatic heterocycles. The molecule has 8 nitrogen and oxygen atoms in total. The zero-order valence-electron chi connectivity index (χ0n) is 20.7. The van der Waals surface area contributed by atoms with Crippen LogP contribution in [0.2, 0.25) is 0 Å². The summed E-state index contributed by atoms with van der Waals surface area (Å²) in [6.45, 7) is -0.0958. The predicted octanol–water partition coefficient (Wildman–Crippen LogP) is 3.70. The van der Waals surface area contributed by atoms with Crippen LogP contribution in [0.1, 0.15) is 42.3 Å². The van der Waals surface area contributed by atoms with E-state index in [1.807, 2.05) is 0 Å². The average molecular weight is 565 g/mol. The number of esters is 1. The van der Waals surface area contributed by atoms with Crippen molar-refractivity contribution >= 4 is 29.1 Å². The molecule has 0 spiro atoms. The number of rotatable bonds is 7. The minimum absolute atomic E-state index is 0.00892. The summed E-state index contributed by atoms with van der Waals surface area (Å²) >= 11 is 1.25. The van der Waals surface area contributed by atoms with Crippen molar-refractivity contribution in [1.29, 1.82) is 0 Å². The van der Waals surface area contributed by atoms with E-state index in [0.717, 1.165) is 12.1 Å². The standard InChI is InChI=1S/C26H24F4N4O4S/c1-38-24(37)20-16(10-34-17-6-12(8-19(35)36)7-18(34)26(30)11-25(17,26)29)32-22(23-31-4-5-39-23)33-21(20)13-2-3-14(27)15(28)9-13/h2-5,9,12,17-18,21H,6-8,10-11H2,1H3,(H,32,33)(H,35,36). The minimum atomic E-state index is -2.10. The molecule has 2 N–H and O–H groups in total. The van der Waals surface area contributed by atoms with E-state index in [4.69, 9.17) is 4.74 Å². The normalized spacial score (nSPS) is 33.3. The van der Waals surface area contributed by atoms with Crippen LogP contribution in [-0.4, -0.2) is 69.8 Å². The van der Waals surface area contributed by atoms with E-state index in [0.29, 0.717) is 5.01 Å². The first kappa shape index (κ1) is 25.9. The Morgan fingerprint density at radius 3 is 2.51 bits per heavy atom. The summed E-state index contributed by atoms with van der Waals surface area (Å²) in [6.07, 6.45) is 1.44. The fraction of sp³-hybridized carbons (Fsp3) is 0.462. The van der Waals surface area contributed by atoms with Gasteiger partial charge in [0.2, 0.25) is 0 Å². The first-order chi connectivity index (χ1) is 18.6. The lowest BCUT2D eigenvalue weighted by molar-refractivity contribution is -0.139. The van der Waals surface area contributed by atoms with Crippen molar-refractivity contribution < 1.29 is 37.0 Å². The van der Waals surface area contributed by atoms with Crippen molar-refractivity contribution in [3.05, 3.63) is 63.3 Å². The second-order valence-electron chi connectivity index (χ2n) is 10.4. The summed E-state index contributed by atoms with van der Waals surface area (Å²) in [4.78, 5) is 34.9. The number of hydrogen-bond acceptors (Lipinski definition) is 8. The number of nitrogens with one attached hydrogen (secondary N) is 1. The molecule has 1 aromatic heterocycles. The Kier molecular flexibility index (Phi) is 6.06. The van der Waals surface area contributed by atoms with Crippen LogP contribution in [0.5, 0.6) is 0 Å². The molecule has 39 heavy (non-hydrogen) atoms. The van der Waals surface area contributed by atoms with E-state index in [1.54, 1.807) is 16.5 Å². The van der Waals surface area contributed by atoms with E-state index in [9.17, 15) is 23.5 Å². The van der Waals surface area contributed by atoms with E-state index in [-0.39, 0.29) is 60.8 Å². The summed E-state index contributed by atoms with van der Waals surface area (Å²) in [7, 11) is 1.17. The molecule has 2 bridgehead atoms. The second-order valence-corrected chi connectivity index (χ2v) is 11.3. The Bertz CT molecular complexity index is 1390. The molecule has 6 rings (SSSR count). The number of nitrogens with zero attached hydrogens (tertiary/aromatic N) is 3. The van der Waals surface area contributed by atoms with Gasteiger partial charge in [-0.2, -0.15) is 0 Å². The lowest BCUT2D eigenvalue weighted by atomic mass is 9.84. The number of thiazole rings is 1. The van der Waals surface area contributed by atoms with Gasteiger partial charge in [-0.05, 0) is 36.5 Å². The number of halogens is 4. The third-order valence-corrected chi connectivity index (χ3v) is 9.06. The second kappa shape index (κ2) is 9.12. The number of carbonyl (C=O) groups excluding carboxylic acids is 1. The lowest BCUT2D eigenvalue weighted by Gasteiger charge is -2.42. The highest BCUT2D eigenvalue weighted by Gasteiger charge is 2.85. The molecule has 4 heterocycles. The number of aromatic nitrogens is 1. The fourth-order valence-corrected chi connectivity index (χ4v) is 7.08. The molecule has 2 saturated heterocycles. The quantitative estimate of drug-likeness (QED) is 0.391. The highest BCUT2D eigenvalue weighted by molar-refractivity contribution is 7.11. The summed E-state index contributed by atoms with van der Waals surface area (Å²) in [5.74, 6) is -4.13. The van der Waals surface area contributed by atoms with Gasteiger partial charge in [0.25, 0.3) is 0 Å². The first-order valence-corrected chi connectivity index (χ1v) is 13.3. The van der Waals surface area contributed by atoms with Gasteiger partial charge in [-0.15, -0.1) is 11.3 Å². The molecule has 13 heteroatoms. The number of amidine groups is 1. The Morgan fingerprint density at radius 2 is 1.92 bits per heavy atom. The summed E-state index contributed by atoms with van der Waals surface area (Å²) in [5.41, 5.74) is -3.78. The number of carboxylic acid groups (broad SMARTS) is 1. The lowest BCUT2D eigenvalue weighted by Crippen LogP contribution is -2.52. The molecule has 0 radical (unpaired) electrons. The number of methoxy groups -OCH3 is 1. The van der Waals surface area contributed by atoms with Crippen LogP contribution in [0.25, 0.3) is 0 Å². The predicted molar refractivity (Wildman–Crippen MR) is 131 cm³/mol.